The van der Waals surface area contributed by atoms with Crippen molar-refractivity contribution < 1.29 is 4.79 Å². The van der Waals surface area contributed by atoms with Gasteiger partial charge in [0.05, 0.1) is 11.6 Å². The number of hydrogen-bond acceptors (Lipinski definition) is 2. The minimum atomic E-state index is 0.0168. The van der Waals surface area contributed by atoms with Crippen LogP contribution in [-0.4, -0.2) is 12.5 Å². The zero-order chi connectivity index (χ0) is 12.8. The number of hydrogen-bond donors (Lipinski definition) is 1. The molecule has 17 heavy (non-hydrogen) atoms. The van der Waals surface area contributed by atoms with Crippen molar-refractivity contribution in [2.24, 2.45) is 5.92 Å². The summed E-state index contributed by atoms with van der Waals surface area (Å²) in [6.07, 6.45) is 0. The van der Waals surface area contributed by atoms with Gasteiger partial charge in [0.1, 0.15) is 0 Å². The average Bonchev–Trinajstić information content (AvgIpc) is 2.35. The molecule has 0 fully saturated rings. The molecule has 0 saturated carbocycles. The van der Waals surface area contributed by atoms with Crippen LogP contribution >= 0.6 is 0 Å². The SMILES string of the molecule is CC(C)C(=O)NCC(C)c1ccc(C#N)cc1. The molecule has 0 aliphatic rings. The van der Waals surface area contributed by atoms with Crippen molar-refractivity contribution in [3.05, 3.63) is 35.4 Å². The van der Waals surface area contributed by atoms with E-state index in [0.717, 1.165) is 5.56 Å². The van der Waals surface area contributed by atoms with E-state index in [0.29, 0.717) is 12.1 Å². The Morgan fingerprint density at radius 2 is 1.88 bits per heavy atom. The minimum Gasteiger partial charge on any atom is -0.355 e. The fraction of sp³-hybridized carbons (Fsp3) is 0.429. The van der Waals surface area contributed by atoms with E-state index in [1.165, 1.54) is 0 Å². The van der Waals surface area contributed by atoms with E-state index in [9.17, 15) is 4.79 Å². The molecule has 3 nitrogen and oxygen atoms in total. The lowest BCUT2D eigenvalue weighted by molar-refractivity contribution is -0.124. The van der Waals surface area contributed by atoms with Gasteiger partial charge < -0.3 is 5.32 Å². The summed E-state index contributed by atoms with van der Waals surface area (Å²) in [5.41, 5.74) is 1.79. The van der Waals surface area contributed by atoms with Gasteiger partial charge in [-0.3, -0.25) is 4.79 Å². The van der Waals surface area contributed by atoms with E-state index in [-0.39, 0.29) is 17.7 Å². The number of nitriles is 1. The Labute approximate surface area is 102 Å². The van der Waals surface area contributed by atoms with Gasteiger partial charge in [0.15, 0.2) is 0 Å². The zero-order valence-electron chi connectivity index (χ0n) is 10.5. The summed E-state index contributed by atoms with van der Waals surface area (Å²) in [4.78, 5) is 11.4. The largest absolute Gasteiger partial charge is 0.355 e. The molecule has 0 heterocycles. The van der Waals surface area contributed by atoms with Crippen LogP contribution in [0.2, 0.25) is 0 Å². The first-order valence-electron chi connectivity index (χ1n) is 5.82. The van der Waals surface area contributed by atoms with Crippen molar-refractivity contribution in [1.82, 2.24) is 5.32 Å². The van der Waals surface area contributed by atoms with E-state index in [1.54, 1.807) is 12.1 Å². The van der Waals surface area contributed by atoms with Crippen LogP contribution in [0.3, 0.4) is 0 Å². The van der Waals surface area contributed by atoms with E-state index < -0.39 is 0 Å². The molecule has 1 aromatic carbocycles. The van der Waals surface area contributed by atoms with E-state index >= 15 is 0 Å². The maximum Gasteiger partial charge on any atom is 0.222 e. The first-order valence-corrected chi connectivity index (χ1v) is 5.82. The molecular weight excluding hydrogens is 212 g/mol. The summed E-state index contributed by atoms with van der Waals surface area (Å²) in [5.74, 6) is 0.346. The number of amides is 1. The van der Waals surface area contributed by atoms with Crippen molar-refractivity contribution in [2.75, 3.05) is 6.54 Å². The van der Waals surface area contributed by atoms with Gasteiger partial charge in [-0.25, -0.2) is 0 Å². The Hall–Kier alpha value is -1.82. The second-order valence-corrected chi connectivity index (χ2v) is 4.53. The zero-order valence-corrected chi connectivity index (χ0v) is 10.5. The van der Waals surface area contributed by atoms with Crippen LogP contribution < -0.4 is 5.32 Å². The quantitative estimate of drug-likeness (QED) is 0.863. The number of nitrogens with one attached hydrogen (secondary N) is 1. The average molecular weight is 230 g/mol. The van der Waals surface area contributed by atoms with Crippen molar-refractivity contribution in [3.63, 3.8) is 0 Å². The molecule has 0 aliphatic heterocycles. The molecule has 1 amide bonds. The Balaban J connectivity index is 2.55. The molecular formula is C14H18N2O. The highest BCUT2D eigenvalue weighted by atomic mass is 16.1. The molecule has 0 aromatic heterocycles. The second-order valence-electron chi connectivity index (χ2n) is 4.53. The van der Waals surface area contributed by atoms with Gasteiger partial charge in [0.25, 0.3) is 0 Å². The van der Waals surface area contributed by atoms with E-state index in [4.69, 9.17) is 5.26 Å². The molecule has 1 N–H and O–H groups in total. The summed E-state index contributed by atoms with van der Waals surface area (Å²) >= 11 is 0. The van der Waals surface area contributed by atoms with Crippen LogP contribution in [-0.2, 0) is 4.79 Å². The second kappa shape index (κ2) is 6.05. The topological polar surface area (TPSA) is 52.9 Å². The summed E-state index contributed by atoms with van der Waals surface area (Å²) in [5, 5.41) is 11.6. The lowest BCUT2D eigenvalue weighted by Gasteiger charge is -2.14. The van der Waals surface area contributed by atoms with Crippen molar-refractivity contribution in [1.29, 1.82) is 5.26 Å². The fourth-order valence-corrected chi connectivity index (χ4v) is 1.46. The van der Waals surface area contributed by atoms with Gasteiger partial charge in [-0.05, 0) is 23.6 Å². The molecule has 0 bridgehead atoms. The first kappa shape index (κ1) is 13.2. The third-order valence-corrected chi connectivity index (χ3v) is 2.72. The first-order chi connectivity index (χ1) is 8.04. The van der Waals surface area contributed by atoms with Crippen LogP contribution in [0.4, 0.5) is 0 Å². The Bertz CT molecular complexity index is 415. The third kappa shape index (κ3) is 3.92. The van der Waals surface area contributed by atoms with Crippen molar-refractivity contribution >= 4 is 5.91 Å². The number of nitrogens with zero attached hydrogens (tertiary/aromatic N) is 1. The van der Waals surface area contributed by atoms with Crippen LogP contribution in [0, 0.1) is 17.2 Å². The van der Waals surface area contributed by atoms with Crippen LogP contribution in [0.5, 0.6) is 0 Å². The van der Waals surface area contributed by atoms with Crippen LogP contribution in [0.1, 0.15) is 37.8 Å². The smallest absolute Gasteiger partial charge is 0.222 e. The number of carbonyl (C=O) groups is 1. The maximum absolute atomic E-state index is 11.4. The highest BCUT2D eigenvalue weighted by Gasteiger charge is 2.10. The molecule has 0 radical (unpaired) electrons. The molecule has 1 rings (SSSR count). The maximum atomic E-state index is 11.4. The molecule has 0 spiro atoms. The predicted molar refractivity (Wildman–Crippen MR) is 67.4 cm³/mol. The summed E-state index contributed by atoms with van der Waals surface area (Å²) in [6, 6.07) is 9.56. The lowest BCUT2D eigenvalue weighted by atomic mass is 10.00. The van der Waals surface area contributed by atoms with Crippen LogP contribution in [0.15, 0.2) is 24.3 Å². The van der Waals surface area contributed by atoms with Gasteiger partial charge >= 0.3 is 0 Å². The number of carbonyl (C=O) groups excluding carboxylic acids is 1. The monoisotopic (exact) mass is 230 g/mol. The summed E-state index contributed by atoms with van der Waals surface area (Å²) in [7, 11) is 0. The van der Waals surface area contributed by atoms with Crippen molar-refractivity contribution in [3.8, 4) is 6.07 Å². The van der Waals surface area contributed by atoms with Gasteiger partial charge in [-0.15, -0.1) is 0 Å². The molecule has 3 heteroatoms. The molecule has 1 atom stereocenters. The third-order valence-electron chi connectivity index (χ3n) is 2.72. The Kier molecular flexibility index (Phi) is 4.71. The van der Waals surface area contributed by atoms with Gasteiger partial charge in [-0.2, -0.15) is 5.26 Å². The van der Waals surface area contributed by atoms with Gasteiger partial charge in [0, 0.05) is 12.5 Å². The Morgan fingerprint density at radius 1 is 1.29 bits per heavy atom. The number of rotatable bonds is 4. The highest BCUT2D eigenvalue weighted by molar-refractivity contribution is 5.77. The van der Waals surface area contributed by atoms with E-state index in [2.05, 4.69) is 18.3 Å². The molecule has 1 aromatic rings. The fourth-order valence-electron chi connectivity index (χ4n) is 1.46. The van der Waals surface area contributed by atoms with Gasteiger partial charge in [0.2, 0.25) is 5.91 Å². The molecule has 0 saturated heterocycles. The normalized spacial score (nSPS) is 11.9. The Morgan fingerprint density at radius 3 is 2.35 bits per heavy atom. The van der Waals surface area contributed by atoms with E-state index in [1.807, 2.05) is 26.0 Å². The van der Waals surface area contributed by atoms with Crippen LogP contribution in [0.25, 0.3) is 0 Å². The molecule has 1 unspecified atom stereocenters. The lowest BCUT2D eigenvalue weighted by Crippen LogP contribution is -2.30. The van der Waals surface area contributed by atoms with Crippen molar-refractivity contribution in [2.45, 2.75) is 26.7 Å². The molecule has 0 aliphatic carbocycles. The highest BCUT2D eigenvalue weighted by Crippen LogP contribution is 2.14. The summed E-state index contributed by atoms with van der Waals surface area (Å²) in [6.45, 7) is 6.44. The predicted octanol–water partition coefficient (Wildman–Crippen LogP) is 2.43. The number of benzene rings is 1. The minimum absolute atomic E-state index is 0.0168. The van der Waals surface area contributed by atoms with Gasteiger partial charge in [-0.1, -0.05) is 32.9 Å². The summed E-state index contributed by atoms with van der Waals surface area (Å²) < 4.78 is 0. The standard InChI is InChI=1S/C14H18N2O/c1-10(2)14(17)16-9-11(3)13-6-4-12(8-15)5-7-13/h4-7,10-11H,9H2,1-3H3,(H,16,17). The molecule has 90 valence electrons.